The molecule has 1 fully saturated rings. The third-order valence-corrected chi connectivity index (χ3v) is 4.59. The van der Waals surface area contributed by atoms with Crippen molar-refractivity contribution in [3.05, 3.63) is 17.0 Å². The molecule has 1 aliphatic rings. The molecular weight excluding hydrogens is 256 g/mol. The van der Waals surface area contributed by atoms with Gasteiger partial charge < -0.3 is 10.2 Å². The monoisotopic (exact) mass is 280 g/mol. The summed E-state index contributed by atoms with van der Waals surface area (Å²) in [5.74, 6) is -1.05. The second kappa shape index (κ2) is 5.56. The van der Waals surface area contributed by atoms with Crippen molar-refractivity contribution >= 4 is 5.97 Å². The molecule has 5 nitrogen and oxygen atoms in total. The largest absolute Gasteiger partial charge is 0.481 e. The first-order valence-electron chi connectivity index (χ1n) is 7.34. The van der Waals surface area contributed by atoms with Crippen LogP contribution in [0.15, 0.2) is 0 Å². The van der Waals surface area contributed by atoms with Gasteiger partial charge in [-0.1, -0.05) is 6.92 Å². The number of rotatable bonds is 4. The van der Waals surface area contributed by atoms with Crippen molar-refractivity contribution < 1.29 is 15.0 Å². The van der Waals surface area contributed by atoms with E-state index in [1.165, 1.54) is 5.56 Å². The molecule has 0 aromatic carbocycles. The summed E-state index contributed by atoms with van der Waals surface area (Å²) in [7, 11) is 0. The van der Waals surface area contributed by atoms with E-state index in [0.717, 1.165) is 17.8 Å². The summed E-state index contributed by atoms with van der Waals surface area (Å²) in [6.45, 7) is 6.60. The smallest absolute Gasteiger partial charge is 0.306 e. The molecule has 2 N–H and O–H groups in total. The number of aliphatic hydroxyl groups is 1. The van der Waals surface area contributed by atoms with Gasteiger partial charge in [0, 0.05) is 5.69 Å². The number of hydrogen-bond donors (Lipinski definition) is 2. The van der Waals surface area contributed by atoms with Gasteiger partial charge in [0.1, 0.15) is 0 Å². The Kier molecular flexibility index (Phi) is 4.18. The lowest BCUT2D eigenvalue weighted by atomic mass is 9.79. The Labute approximate surface area is 119 Å². The normalized spacial score (nSPS) is 26.7. The number of nitrogens with zero attached hydrogens (tertiary/aromatic N) is 2. The summed E-state index contributed by atoms with van der Waals surface area (Å²) in [5.41, 5.74) is 2.56. The van der Waals surface area contributed by atoms with Crippen LogP contribution >= 0.6 is 0 Å². The van der Waals surface area contributed by atoms with Crippen LogP contribution < -0.4 is 0 Å². The van der Waals surface area contributed by atoms with Gasteiger partial charge in [-0.2, -0.15) is 5.10 Å². The molecule has 0 radical (unpaired) electrons. The third-order valence-electron chi connectivity index (χ3n) is 4.59. The molecule has 1 heterocycles. The second-order valence-electron chi connectivity index (χ2n) is 6.00. The Hall–Kier alpha value is -1.36. The average molecular weight is 280 g/mol. The highest BCUT2D eigenvalue weighted by Gasteiger charge is 2.36. The van der Waals surface area contributed by atoms with E-state index in [9.17, 15) is 9.90 Å². The summed E-state index contributed by atoms with van der Waals surface area (Å²) in [4.78, 5) is 11.0. The van der Waals surface area contributed by atoms with Crippen molar-refractivity contribution in [1.82, 2.24) is 9.78 Å². The zero-order valence-electron chi connectivity index (χ0n) is 12.5. The summed E-state index contributed by atoms with van der Waals surface area (Å²) in [6, 6.07) is 0. The van der Waals surface area contributed by atoms with Crippen molar-refractivity contribution in [2.45, 2.75) is 65.0 Å². The Morgan fingerprint density at radius 2 is 2.00 bits per heavy atom. The van der Waals surface area contributed by atoms with Crippen LogP contribution in [-0.4, -0.2) is 31.6 Å². The lowest BCUT2D eigenvalue weighted by Crippen LogP contribution is -2.40. The van der Waals surface area contributed by atoms with Gasteiger partial charge in [-0.15, -0.1) is 0 Å². The van der Waals surface area contributed by atoms with E-state index >= 15 is 0 Å². The van der Waals surface area contributed by atoms with Crippen LogP contribution in [0.5, 0.6) is 0 Å². The molecule has 0 bridgehead atoms. The minimum absolute atomic E-state index is 0.304. The van der Waals surface area contributed by atoms with Gasteiger partial charge in [0.25, 0.3) is 0 Å². The molecule has 0 amide bonds. The SMILES string of the molecule is CCc1c(C)nn(CC2(O)CCC(C(=O)O)CC2)c1C. The molecule has 0 unspecified atom stereocenters. The number of aromatic nitrogens is 2. The highest BCUT2D eigenvalue weighted by atomic mass is 16.4. The molecule has 1 aromatic rings. The van der Waals surface area contributed by atoms with Gasteiger partial charge in [-0.25, -0.2) is 0 Å². The molecule has 20 heavy (non-hydrogen) atoms. The molecule has 1 aliphatic carbocycles. The van der Waals surface area contributed by atoms with Crippen LogP contribution in [0.3, 0.4) is 0 Å². The molecule has 0 atom stereocenters. The van der Waals surface area contributed by atoms with Crippen LogP contribution in [0.4, 0.5) is 0 Å². The van der Waals surface area contributed by atoms with E-state index in [1.54, 1.807) is 0 Å². The zero-order valence-corrected chi connectivity index (χ0v) is 12.5. The van der Waals surface area contributed by atoms with Gasteiger partial charge >= 0.3 is 5.97 Å². The quantitative estimate of drug-likeness (QED) is 0.885. The molecule has 0 aliphatic heterocycles. The van der Waals surface area contributed by atoms with Crippen molar-refractivity contribution in [2.75, 3.05) is 0 Å². The van der Waals surface area contributed by atoms with Crippen LogP contribution in [0, 0.1) is 19.8 Å². The minimum Gasteiger partial charge on any atom is -0.481 e. The van der Waals surface area contributed by atoms with Crippen molar-refractivity contribution in [1.29, 1.82) is 0 Å². The molecule has 1 saturated carbocycles. The Bertz CT molecular complexity index is 499. The molecular formula is C15H24N2O3. The van der Waals surface area contributed by atoms with Crippen LogP contribution in [0.1, 0.15) is 49.6 Å². The predicted octanol–water partition coefficient (Wildman–Crippen LogP) is 2.07. The van der Waals surface area contributed by atoms with Crippen LogP contribution in [0.2, 0.25) is 0 Å². The fraction of sp³-hybridized carbons (Fsp3) is 0.733. The average Bonchev–Trinajstić information content (AvgIpc) is 2.64. The summed E-state index contributed by atoms with van der Waals surface area (Å²) >= 11 is 0. The van der Waals surface area contributed by atoms with Gasteiger partial charge in [-0.3, -0.25) is 9.48 Å². The lowest BCUT2D eigenvalue weighted by Gasteiger charge is -2.34. The van der Waals surface area contributed by atoms with Gasteiger partial charge in [-0.05, 0) is 51.5 Å². The number of aryl methyl sites for hydroxylation is 1. The van der Waals surface area contributed by atoms with E-state index < -0.39 is 11.6 Å². The second-order valence-corrected chi connectivity index (χ2v) is 6.00. The van der Waals surface area contributed by atoms with Gasteiger partial charge in [0.05, 0.1) is 23.8 Å². The first-order valence-corrected chi connectivity index (χ1v) is 7.34. The molecule has 0 spiro atoms. The standard InChI is InChI=1S/C15H24N2O3/c1-4-13-10(2)16-17(11(13)3)9-15(20)7-5-12(6-8-15)14(18)19/h12,20H,4-9H2,1-3H3,(H,18,19). The Morgan fingerprint density at radius 3 is 2.45 bits per heavy atom. The Balaban J connectivity index is 2.09. The van der Waals surface area contributed by atoms with E-state index in [2.05, 4.69) is 12.0 Å². The first-order chi connectivity index (χ1) is 9.36. The third kappa shape index (κ3) is 2.87. The van der Waals surface area contributed by atoms with E-state index in [1.807, 2.05) is 18.5 Å². The summed E-state index contributed by atoms with van der Waals surface area (Å²) in [6.07, 6.45) is 3.10. The number of carbonyl (C=O) groups is 1. The van der Waals surface area contributed by atoms with Gasteiger partial charge in [0.2, 0.25) is 0 Å². The van der Waals surface area contributed by atoms with Crippen LogP contribution in [0.25, 0.3) is 0 Å². The van der Waals surface area contributed by atoms with E-state index in [0.29, 0.717) is 32.2 Å². The number of aliphatic carboxylic acids is 1. The van der Waals surface area contributed by atoms with E-state index in [4.69, 9.17) is 5.11 Å². The highest BCUT2D eigenvalue weighted by molar-refractivity contribution is 5.70. The van der Waals surface area contributed by atoms with Crippen molar-refractivity contribution in [3.8, 4) is 0 Å². The maximum atomic E-state index is 11.0. The fourth-order valence-corrected chi connectivity index (χ4v) is 3.24. The van der Waals surface area contributed by atoms with E-state index in [-0.39, 0.29) is 5.92 Å². The molecule has 2 rings (SSSR count). The summed E-state index contributed by atoms with van der Waals surface area (Å²) in [5, 5.41) is 24.2. The fourth-order valence-electron chi connectivity index (χ4n) is 3.24. The van der Waals surface area contributed by atoms with Crippen molar-refractivity contribution in [2.24, 2.45) is 5.92 Å². The topological polar surface area (TPSA) is 75.3 Å². The maximum absolute atomic E-state index is 11.0. The van der Waals surface area contributed by atoms with Gasteiger partial charge in [0.15, 0.2) is 0 Å². The lowest BCUT2D eigenvalue weighted by molar-refractivity contribution is -0.145. The van der Waals surface area contributed by atoms with Crippen molar-refractivity contribution in [3.63, 3.8) is 0 Å². The number of hydrogen-bond acceptors (Lipinski definition) is 3. The zero-order chi connectivity index (χ0) is 14.9. The predicted molar refractivity (Wildman–Crippen MR) is 75.6 cm³/mol. The highest BCUT2D eigenvalue weighted by Crippen LogP contribution is 2.34. The minimum atomic E-state index is -0.819. The molecule has 1 aromatic heterocycles. The first kappa shape index (κ1) is 15.0. The number of carboxylic acid groups (broad SMARTS) is 1. The maximum Gasteiger partial charge on any atom is 0.306 e. The number of carboxylic acids is 1. The molecule has 112 valence electrons. The molecule has 0 saturated heterocycles. The molecule has 5 heteroatoms. The summed E-state index contributed by atoms with van der Waals surface area (Å²) < 4.78 is 1.88. The Morgan fingerprint density at radius 1 is 1.40 bits per heavy atom. The van der Waals surface area contributed by atoms with Crippen LogP contribution in [-0.2, 0) is 17.8 Å².